The molecule has 1 atom stereocenters. The first-order valence-electron chi connectivity index (χ1n) is 9.65. The van der Waals surface area contributed by atoms with E-state index >= 15 is 0 Å². The van der Waals surface area contributed by atoms with E-state index in [2.05, 4.69) is 15.0 Å². The lowest BCUT2D eigenvalue weighted by molar-refractivity contribution is 0.0606. The van der Waals surface area contributed by atoms with Crippen LogP contribution < -0.4 is 10.5 Å². The summed E-state index contributed by atoms with van der Waals surface area (Å²) in [7, 11) is 1.63. The predicted octanol–water partition coefficient (Wildman–Crippen LogP) is 3.50. The molecule has 1 aliphatic rings. The highest BCUT2D eigenvalue weighted by atomic mass is 16.5. The van der Waals surface area contributed by atoms with Crippen molar-refractivity contribution in [1.82, 2.24) is 19.9 Å². The summed E-state index contributed by atoms with van der Waals surface area (Å²) in [5, 5.41) is 0. The molecule has 7 nitrogen and oxygen atoms in total. The Kier molecular flexibility index (Phi) is 5.37. The Morgan fingerprint density at radius 1 is 1.21 bits per heavy atom. The molecule has 29 heavy (non-hydrogen) atoms. The second-order valence-electron chi connectivity index (χ2n) is 7.01. The van der Waals surface area contributed by atoms with Crippen LogP contribution in [-0.4, -0.2) is 39.4 Å². The van der Waals surface area contributed by atoms with Crippen molar-refractivity contribution < 1.29 is 9.53 Å². The number of nitrogens with two attached hydrogens (primary N) is 1. The van der Waals surface area contributed by atoms with Crippen molar-refractivity contribution in [1.29, 1.82) is 0 Å². The predicted molar refractivity (Wildman–Crippen MR) is 110 cm³/mol. The van der Waals surface area contributed by atoms with Gasteiger partial charge in [-0.25, -0.2) is 9.97 Å². The molecule has 0 radical (unpaired) electrons. The van der Waals surface area contributed by atoms with Gasteiger partial charge in [-0.15, -0.1) is 0 Å². The molecule has 1 fully saturated rings. The molecule has 1 saturated heterocycles. The number of pyridine rings is 1. The van der Waals surface area contributed by atoms with Gasteiger partial charge in [0.2, 0.25) is 5.95 Å². The van der Waals surface area contributed by atoms with E-state index in [1.165, 1.54) is 0 Å². The van der Waals surface area contributed by atoms with Crippen LogP contribution in [0.25, 0.3) is 11.1 Å². The van der Waals surface area contributed by atoms with Gasteiger partial charge in [-0.1, -0.05) is 12.1 Å². The third kappa shape index (κ3) is 3.89. The minimum atomic E-state index is -0.178. The molecule has 2 N–H and O–H groups in total. The number of nitrogens with zero attached hydrogens (tertiary/aromatic N) is 4. The average molecular weight is 389 g/mol. The SMILES string of the molecule is COc1cccc(-c2cnc(N)nc2[C@H]2CCCCN2C(=O)c2cccnc2)c1. The van der Waals surface area contributed by atoms with Gasteiger partial charge in [0.25, 0.3) is 5.91 Å². The maximum Gasteiger partial charge on any atom is 0.255 e. The van der Waals surface area contributed by atoms with Crippen LogP contribution in [0.15, 0.2) is 55.0 Å². The molecular formula is C22H23N5O2. The van der Waals surface area contributed by atoms with Gasteiger partial charge in [-0.05, 0) is 49.1 Å². The monoisotopic (exact) mass is 389 g/mol. The van der Waals surface area contributed by atoms with E-state index in [0.29, 0.717) is 12.1 Å². The number of ether oxygens (including phenoxy) is 1. The van der Waals surface area contributed by atoms with Crippen LogP contribution in [0.5, 0.6) is 5.75 Å². The molecule has 0 aliphatic carbocycles. The Morgan fingerprint density at radius 3 is 2.90 bits per heavy atom. The lowest BCUT2D eigenvalue weighted by Crippen LogP contribution is -2.39. The number of aromatic nitrogens is 3. The molecule has 7 heteroatoms. The van der Waals surface area contributed by atoms with Crippen molar-refractivity contribution in [2.45, 2.75) is 25.3 Å². The van der Waals surface area contributed by atoms with E-state index < -0.39 is 0 Å². The number of methoxy groups -OCH3 is 1. The first-order chi connectivity index (χ1) is 14.2. The minimum absolute atomic E-state index is 0.0448. The molecule has 3 aromatic rings. The number of likely N-dealkylation sites (tertiary alicyclic amines) is 1. The van der Waals surface area contributed by atoms with Gasteiger partial charge in [-0.2, -0.15) is 0 Å². The number of anilines is 1. The first-order valence-corrected chi connectivity index (χ1v) is 9.65. The number of piperidine rings is 1. The Balaban J connectivity index is 1.77. The summed E-state index contributed by atoms with van der Waals surface area (Å²) in [6.45, 7) is 0.667. The topological polar surface area (TPSA) is 94.2 Å². The third-order valence-electron chi connectivity index (χ3n) is 5.21. The summed E-state index contributed by atoms with van der Waals surface area (Å²) in [4.78, 5) is 28.0. The van der Waals surface area contributed by atoms with Crippen molar-refractivity contribution in [3.8, 4) is 16.9 Å². The molecule has 148 valence electrons. The van der Waals surface area contributed by atoms with Gasteiger partial charge >= 0.3 is 0 Å². The summed E-state index contributed by atoms with van der Waals surface area (Å²) < 4.78 is 5.37. The molecule has 0 saturated carbocycles. The average Bonchev–Trinajstić information content (AvgIpc) is 2.79. The third-order valence-corrected chi connectivity index (χ3v) is 5.21. The maximum atomic E-state index is 13.2. The largest absolute Gasteiger partial charge is 0.497 e. The summed E-state index contributed by atoms with van der Waals surface area (Å²) in [6.07, 6.45) is 7.79. The zero-order valence-corrected chi connectivity index (χ0v) is 16.3. The van der Waals surface area contributed by atoms with E-state index in [-0.39, 0.29) is 17.9 Å². The number of carbonyl (C=O) groups is 1. The fourth-order valence-corrected chi connectivity index (χ4v) is 3.79. The smallest absolute Gasteiger partial charge is 0.255 e. The summed E-state index contributed by atoms with van der Waals surface area (Å²) in [5.74, 6) is 0.903. The quantitative estimate of drug-likeness (QED) is 0.734. The van der Waals surface area contributed by atoms with Gasteiger partial charge < -0.3 is 15.4 Å². The van der Waals surface area contributed by atoms with E-state index in [1.54, 1.807) is 37.8 Å². The van der Waals surface area contributed by atoms with Crippen LogP contribution in [0, 0.1) is 0 Å². The summed E-state index contributed by atoms with van der Waals surface area (Å²) >= 11 is 0. The van der Waals surface area contributed by atoms with Crippen molar-refractivity contribution in [2.75, 3.05) is 19.4 Å². The second kappa shape index (κ2) is 8.26. The van der Waals surface area contributed by atoms with E-state index in [0.717, 1.165) is 41.8 Å². The fourth-order valence-electron chi connectivity index (χ4n) is 3.79. The van der Waals surface area contributed by atoms with Crippen LogP contribution in [0.4, 0.5) is 5.95 Å². The van der Waals surface area contributed by atoms with Crippen LogP contribution in [0.3, 0.4) is 0 Å². The van der Waals surface area contributed by atoms with Gasteiger partial charge in [0.05, 0.1) is 24.4 Å². The molecular weight excluding hydrogens is 366 g/mol. The zero-order valence-electron chi connectivity index (χ0n) is 16.3. The maximum absolute atomic E-state index is 13.2. The highest BCUT2D eigenvalue weighted by molar-refractivity contribution is 5.94. The lowest BCUT2D eigenvalue weighted by atomic mass is 9.93. The highest BCUT2D eigenvalue weighted by Gasteiger charge is 2.32. The van der Waals surface area contributed by atoms with Crippen molar-refractivity contribution in [2.24, 2.45) is 0 Å². The van der Waals surface area contributed by atoms with Gasteiger partial charge in [0.1, 0.15) is 5.75 Å². The first kappa shape index (κ1) is 18.9. The van der Waals surface area contributed by atoms with Crippen LogP contribution in [-0.2, 0) is 0 Å². The number of hydrogen-bond donors (Lipinski definition) is 1. The molecule has 2 aromatic heterocycles. The molecule has 1 amide bonds. The molecule has 0 bridgehead atoms. The van der Waals surface area contributed by atoms with E-state index in [9.17, 15) is 4.79 Å². The summed E-state index contributed by atoms with van der Waals surface area (Å²) in [5.41, 5.74) is 9.07. The van der Waals surface area contributed by atoms with Gasteiger partial charge in [0.15, 0.2) is 0 Å². The number of rotatable bonds is 4. The molecule has 3 heterocycles. The van der Waals surface area contributed by atoms with Crippen molar-refractivity contribution >= 4 is 11.9 Å². The number of benzene rings is 1. The Hall–Kier alpha value is -3.48. The number of hydrogen-bond acceptors (Lipinski definition) is 6. The second-order valence-corrected chi connectivity index (χ2v) is 7.01. The molecule has 1 aliphatic heterocycles. The van der Waals surface area contributed by atoms with E-state index in [1.807, 2.05) is 29.2 Å². The van der Waals surface area contributed by atoms with E-state index in [4.69, 9.17) is 10.5 Å². The zero-order chi connectivity index (χ0) is 20.2. The van der Waals surface area contributed by atoms with Gasteiger partial charge in [0, 0.05) is 30.7 Å². The van der Waals surface area contributed by atoms with Crippen LogP contribution >= 0.6 is 0 Å². The summed E-state index contributed by atoms with van der Waals surface area (Å²) in [6, 6.07) is 11.1. The molecule has 0 unspecified atom stereocenters. The number of carbonyl (C=O) groups excluding carboxylic acids is 1. The lowest BCUT2D eigenvalue weighted by Gasteiger charge is -2.36. The van der Waals surface area contributed by atoms with Crippen molar-refractivity contribution in [3.05, 3.63) is 66.2 Å². The Labute approximate surface area is 169 Å². The molecule has 1 aromatic carbocycles. The fraction of sp³-hybridized carbons (Fsp3) is 0.273. The molecule has 0 spiro atoms. The molecule has 4 rings (SSSR count). The number of amides is 1. The van der Waals surface area contributed by atoms with Crippen molar-refractivity contribution in [3.63, 3.8) is 0 Å². The number of nitrogen functional groups attached to an aromatic ring is 1. The Morgan fingerprint density at radius 2 is 2.10 bits per heavy atom. The van der Waals surface area contributed by atoms with Crippen LogP contribution in [0.1, 0.15) is 41.4 Å². The minimum Gasteiger partial charge on any atom is -0.497 e. The highest BCUT2D eigenvalue weighted by Crippen LogP contribution is 2.37. The standard InChI is InChI=1S/C22H23N5O2/c1-29-17-8-4-6-15(12-17)18-14-25-22(23)26-20(18)19-9-2-3-11-27(19)21(28)16-7-5-10-24-13-16/h4-8,10,12-14,19H,2-3,9,11H2,1H3,(H2,23,25,26)/t19-/m1/s1. The Bertz CT molecular complexity index is 1010. The normalized spacial score (nSPS) is 16.4. The van der Waals surface area contributed by atoms with Crippen LogP contribution in [0.2, 0.25) is 0 Å². The van der Waals surface area contributed by atoms with Gasteiger partial charge in [-0.3, -0.25) is 9.78 Å².